The molecule has 1 saturated carbocycles. The molecule has 1 aliphatic rings. The summed E-state index contributed by atoms with van der Waals surface area (Å²) in [5.74, 6) is -0.0890. The van der Waals surface area contributed by atoms with Crippen molar-refractivity contribution in [2.75, 3.05) is 11.9 Å². The Labute approximate surface area is 155 Å². The molecule has 0 unspecified atom stereocenters. The predicted octanol–water partition coefficient (Wildman–Crippen LogP) is 4.28. The van der Waals surface area contributed by atoms with E-state index in [0.29, 0.717) is 17.8 Å². The van der Waals surface area contributed by atoms with Gasteiger partial charge < -0.3 is 10.6 Å². The van der Waals surface area contributed by atoms with Crippen LogP contribution in [0.2, 0.25) is 0 Å². The van der Waals surface area contributed by atoms with Gasteiger partial charge in [0.15, 0.2) is 0 Å². The Morgan fingerprint density at radius 3 is 2.42 bits per heavy atom. The van der Waals surface area contributed by atoms with Crippen LogP contribution < -0.4 is 10.6 Å². The minimum atomic E-state index is -0.471. The van der Waals surface area contributed by atoms with Gasteiger partial charge in [-0.15, -0.1) is 0 Å². The average Bonchev–Trinajstić information content (AvgIpc) is 3.18. The fourth-order valence-corrected chi connectivity index (χ4v) is 3.71. The Morgan fingerprint density at radius 1 is 1.00 bits per heavy atom. The summed E-state index contributed by atoms with van der Waals surface area (Å²) in [4.78, 5) is 25.3. The van der Waals surface area contributed by atoms with Crippen LogP contribution in [0.3, 0.4) is 0 Å². The van der Waals surface area contributed by atoms with Gasteiger partial charge in [-0.2, -0.15) is 0 Å². The number of nitrogens with one attached hydrogen (secondary N) is 2. The zero-order valence-electron chi connectivity index (χ0n) is 15.3. The Bertz CT molecular complexity index is 765. The summed E-state index contributed by atoms with van der Waals surface area (Å²) in [6.45, 7) is 2.66. The number of hydrogen-bond donors (Lipinski definition) is 2. The number of carbonyl (C=O) groups is 2. The number of rotatable bonds is 6. The molecule has 0 atom stereocenters. The lowest BCUT2D eigenvalue weighted by atomic mass is 9.78. The smallest absolute Gasteiger partial charge is 0.251 e. The second kappa shape index (κ2) is 8.17. The molecular formula is C22H26N2O2. The summed E-state index contributed by atoms with van der Waals surface area (Å²) < 4.78 is 0. The van der Waals surface area contributed by atoms with Crippen LogP contribution in [0, 0.1) is 0 Å². The van der Waals surface area contributed by atoms with Gasteiger partial charge in [-0.25, -0.2) is 0 Å². The first kappa shape index (κ1) is 18.2. The summed E-state index contributed by atoms with van der Waals surface area (Å²) in [7, 11) is 0. The van der Waals surface area contributed by atoms with Crippen molar-refractivity contribution in [3.05, 3.63) is 65.7 Å². The summed E-state index contributed by atoms with van der Waals surface area (Å²) >= 11 is 0. The van der Waals surface area contributed by atoms with E-state index in [1.165, 1.54) is 0 Å². The molecule has 0 radical (unpaired) electrons. The van der Waals surface area contributed by atoms with Gasteiger partial charge in [0.1, 0.15) is 0 Å². The molecule has 4 nitrogen and oxygen atoms in total. The fourth-order valence-electron chi connectivity index (χ4n) is 3.71. The average molecular weight is 350 g/mol. The van der Waals surface area contributed by atoms with Crippen LogP contribution in [0.5, 0.6) is 0 Å². The first-order chi connectivity index (χ1) is 12.7. The molecule has 136 valence electrons. The summed E-state index contributed by atoms with van der Waals surface area (Å²) in [6.07, 6.45) is 4.73. The molecule has 1 aliphatic carbocycles. The van der Waals surface area contributed by atoms with E-state index in [4.69, 9.17) is 0 Å². The van der Waals surface area contributed by atoms with Crippen LogP contribution in [0.15, 0.2) is 54.6 Å². The highest BCUT2D eigenvalue weighted by Gasteiger charge is 2.42. The van der Waals surface area contributed by atoms with E-state index in [0.717, 1.165) is 37.7 Å². The van der Waals surface area contributed by atoms with E-state index in [1.54, 1.807) is 18.2 Å². The lowest BCUT2D eigenvalue weighted by Crippen LogP contribution is -2.38. The van der Waals surface area contributed by atoms with Crippen molar-refractivity contribution in [3.8, 4) is 0 Å². The van der Waals surface area contributed by atoms with Crippen molar-refractivity contribution in [2.24, 2.45) is 0 Å². The first-order valence-corrected chi connectivity index (χ1v) is 9.41. The van der Waals surface area contributed by atoms with E-state index in [2.05, 4.69) is 10.6 Å². The molecule has 2 N–H and O–H groups in total. The minimum absolute atomic E-state index is 0.0207. The van der Waals surface area contributed by atoms with Crippen LogP contribution in [0.4, 0.5) is 5.69 Å². The molecule has 2 aromatic rings. The number of amides is 2. The highest BCUT2D eigenvalue weighted by atomic mass is 16.2. The third kappa shape index (κ3) is 3.79. The van der Waals surface area contributed by atoms with Crippen LogP contribution in [-0.4, -0.2) is 18.4 Å². The molecule has 0 aromatic heterocycles. The zero-order chi connectivity index (χ0) is 18.4. The lowest BCUT2D eigenvalue weighted by Gasteiger charge is -2.28. The maximum absolute atomic E-state index is 13.2. The number of hydrogen-bond acceptors (Lipinski definition) is 2. The van der Waals surface area contributed by atoms with Gasteiger partial charge in [0.05, 0.1) is 5.41 Å². The van der Waals surface area contributed by atoms with E-state index >= 15 is 0 Å². The third-order valence-electron chi connectivity index (χ3n) is 5.14. The van der Waals surface area contributed by atoms with Gasteiger partial charge in [-0.3, -0.25) is 9.59 Å². The zero-order valence-corrected chi connectivity index (χ0v) is 15.3. The van der Waals surface area contributed by atoms with Crippen molar-refractivity contribution >= 4 is 17.5 Å². The van der Waals surface area contributed by atoms with Crippen molar-refractivity contribution in [1.82, 2.24) is 5.32 Å². The number of carbonyl (C=O) groups excluding carboxylic acids is 2. The Morgan fingerprint density at radius 2 is 1.73 bits per heavy atom. The highest BCUT2D eigenvalue weighted by Crippen LogP contribution is 2.42. The molecule has 0 aliphatic heterocycles. The Hall–Kier alpha value is -2.62. The van der Waals surface area contributed by atoms with Crippen molar-refractivity contribution in [2.45, 2.75) is 44.4 Å². The molecule has 0 bridgehead atoms. The van der Waals surface area contributed by atoms with E-state index in [-0.39, 0.29) is 11.8 Å². The van der Waals surface area contributed by atoms with Crippen molar-refractivity contribution in [1.29, 1.82) is 0 Å². The number of benzene rings is 2. The minimum Gasteiger partial charge on any atom is -0.352 e. The summed E-state index contributed by atoms with van der Waals surface area (Å²) in [6, 6.07) is 17.2. The van der Waals surface area contributed by atoms with Crippen LogP contribution >= 0.6 is 0 Å². The monoisotopic (exact) mass is 350 g/mol. The molecule has 1 fully saturated rings. The molecule has 0 saturated heterocycles. The molecule has 3 rings (SSSR count). The quantitative estimate of drug-likeness (QED) is 0.817. The molecule has 26 heavy (non-hydrogen) atoms. The van der Waals surface area contributed by atoms with Crippen LogP contribution in [0.1, 0.15) is 54.9 Å². The van der Waals surface area contributed by atoms with E-state index in [1.807, 2.05) is 43.3 Å². The Balaban J connectivity index is 1.79. The van der Waals surface area contributed by atoms with E-state index in [9.17, 15) is 9.59 Å². The second-order valence-corrected chi connectivity index (χ2v) is 6.95. The molecule has 2 aromatic carbocycles. The van der Waals surface area contributed by atoms with Crippen LogP contribution in [0.25, 0.3) is 0 Å². The second-order valence-electron chi connectivity index (χ2n) is 6.95. The van der Waals surface area contributed by atoms with Gasteiger partial charge in [-0.1, -0.05) is 56.2 Å². The summed E-state index contributed by atoms with van der Waals surface area (Å²) in [5, 5.41) is 5.92. The van der Waals surface area contributed by atoms with Crippen molar-refractivity contribution in [3.63, 3.8) is 0 Å². The topological polar surface area (TPSA) is 58.2 Å². The molecule has 2 amide bonds. The third-order valence-corrected chi connectivity index (χ3v) is 5.14. The molecule has 4 heteroatoms. The molecule has 0 heterocycles. The molecular weight excluding hydrogens is 324 g/mol. The predicted molar refractivity (Wildman–Crippen MR) is 104 cm³/mol. The van der Waals surface area contributed by atoms with Gasteiger partial charge in [-0.05, 0) is 43.0 Å². The standard InChI is InChI=1S/C22H26N2O2/c1-2-15-23-20(25)17-9-8-12-19(16-17)24-21(26)22(13-6-7-14-22)18-10-4-3-5-11-18/h3-5,8-12,16H,2,6-7,13-15H2,1H3,(H,23,25)(H,24,26). The fraction of sp³-hybridized carbons (Fsp3) is 0.364. The maximum atomic E-state index is 13.2. The largest absolute Gasteiger partial charge is 0.352 e. The van der Waals surface area contributed by atoms with Crippen molar-refractivity contribution < 1.29 is 9.59 Å². The normalized spacial score (nSPS) is 15.4. The Kier molecular flexibility index (Phi) is 5.71. The van der Waals surface area contributed by atoms with Gasteiger partial charge in [0, 0.05) is 17.8 Å². The van der Waals surface area contributed by atoms with Gasteiger partial charge >= 0.3 is 0 Å². The van der Waals surface area contributed by atoms with E-state index < -0.39 is 5.41 Å². The van der Waals surface area contributed by atoms with Gasteiger partial charge in [0.25, 0.3) is 5.91 Å². The number of anilines is 1. The van der Waals surface area contributed by atoms with Gasteiger partial charge in [0.2, 0.25) is 5.91 Å². The maximum Gasteiger partial charge on any atom is 0.251 e. The lowest BCUT2D eigenvalue weighted by molar-refractivity contribution is -0.121. The summed E-state index contributed by atoms with van der Waals surface area (Å²) in [5.41, 5.74) is 1.84. The van der Waals surface area contributed by atoms with Crippen LogP contribution in [-0.2, 0) is 10.2 Å². The highest BCUT2D eigenvalue weighted by molar-refractivity contribution is 6.01. The SMILES string of the molecule is CCCNC(=O)c1cccc(NC(=O)C2(c3ccccc3)CCCC2)c1. The first-order valence-electron chi connectivity index (χ1n) is 9.41. The molecule has 0 spiro atoms.